The number of pyridine rings is 1. The zero-order valence-corrected chi connectivity index (χ0v) is 15.1. The van der Waals surface area contributed by atoms with Crippen molar-refractivity contribution in [1.82, 2.24) is 20.1 Å². The average Bonchev–Trinajstić information content (AvgIpc) is 2.96. The van der Waals surface area contributed by atoms with Gasteiger partial charge < -0.3 is 5.32 Å². The highest BCUT2D eigenvalue weighted by Crippen LogP contribution is 2.39. The number of benzene rings is 1. The Morgan fingerprint density at radius 1 is 1.24 bits per heavy atom. The van der Waals surface area contributed by atoms with Gasteiger partial charge in [0.1, 0.15) is 11.5 Å². The molecule has 0 fully saturated rings. The van der Waals surface area contributed by atoms with Gasteiger partial charge in [0.25, 0.3) is 0 Å². The highest BCUT2D eigenvalue weighted by atomic mass is 35.5. The molecule has 4 rings (SSSR count). The summed E-state index contributed by atoms with van der Waals surface area (Å²) in [5.41, 5.74) is 4.09. The normalized spacial score (nSPS) is 16.2. The lowest BCUT2D eigenvalue weighted by atomic mass is 9.96. The van der Waals surface area contributed by atoms with E-state index in [1.54, 1.807) is 24.5 Å². The second-order valence-corrected chi connectivity index (χ2v) is 6.30. The summed E-state index contributed by atoms with van der Waals surface area (Å²) in [4.78, 5) is 4.08. The minimum Gasteiger partial charge on any atom is -0.307 e. The number of hydrogen-bond acceptors (Lipinski definition) is 3. The molecule has 0 aliphatic carbocycles. The third-order valence-electron chi connectivity index (χ3n) is 4.33. The van der Waals surface area contributed by atoms with Gasteiger partial charge in [-0.15, -0.1) is 12.4 Å². The standard InChI is InChI=1S/C18H16ClFN4.ClH/c1-11-18-16(12-4-6-21-7-5-12)17(23-24(18)9-8-22-11)14-3-2-13(19)10-15(14)20;/h2-7,10-11,22H,8-9H2,1H3;1H/t11-;/m1./s1. The maximum atomic E-state index is 14.5. The third-order valence-corrected chi connectivity index (χ3v) is 4.57. The van der Waals surface area contributed by atoms with Crippen LogP contribution in [0.25, 0.3) is 22.4 Å². The Morgan fingerprint density at radius 3 is 2.72 bits per heavy atom. The summed E-state index contributed by atoms with van der Waals surface area (Å²) >= 11 is 5.90. The van der Waals surface area contributed by atoms with Crippen molar-refractivity contribution < 1.29 is 4.39 Å². The third kappa shape index (κ3) is 3.15. The SMILES string of the molecule is C[C@H]1NCCn2nc(-c3ccc(Cl)cc3F)c(-c3ccncc3)c21.Cl. The molecule has 7 heteroatoms. The molecule has 0 unspecified atom stereocenters. The van der Waals surface area contributed by atoms with Gasteiger partial charge in [-0.3, -0.25) is 9.67 Å². The maximum absolute atomic E-state index is 14.5. The molecule has 1 aliphatic heterocycles. The molecular formula is C18H17Cl2FN4. The van der Waals surface area contributed by atoms with Gasteiger partial charge in [-0.1, -0.05) is 11.6 Å². The molecule has 3 heterocycles. The monoisotopic (exact) mass is 378 g/mol. The van der Waals surface area contributed by atoms with Crippen LogP contribution in [-0.4, -0.2) is 21.3 Å². The van der Waals surface area contributed by atoms with Crippen molar-refractivity contribution in [2.24, 2.45) is 0 Å². The van der Waals surface area contributed by atoms with E-state index in [0.717, 1.165) is 29.9 Å². The first kappa shape index (κ1) is 17.9. The molecule has 0 amide bonds. The molecule has 130 valence electrons. The molecule has 0 saturated carbocycles. The largest absolute Gasteiger partial charge is 0.307 e. The van der Waals surface area contributed by atoms with E-state index in [2.05, 4.69) is 17.2 Å². The van der Waals surface area contributed by atoms with Crippen LogP contribution in [0, 0.1) is 5.82 Å². The Hall–Kier alpha value is -1.95. The van der Waals surface area contributed by atoms with Crippen molar-refractivity contribution >= 4 is 24.0 Å². The fraction of sp³-hybridized carbons (Fsp3) is 0.222. The number of aromatic nitrogens is 3. The minimum absolute atomic E-state index is 0. The zero-order chi connectivity index (χ0) is 16.7. The van der Waals surface area contributed by atoms with Crippen LogP contribution in [-0.2, 0) is 6.54 Å². The van der Waals surface area contributed by atoms with Crippen LogP contribution < -0.4 is 5.32 Å². The Bertz CT molecular complexity index is 896. The van der Waals surface area contributed by atoms with Crippen LogP contribution >= 0.6 is 24.0 Å². The first-order valence-corrected chi connectivity index (χ1v) is 8.23. The number of nitrogens with one attached hydrogen (secondary N) is 1. The van der Waals surface area contributed by atoms with Gasteiger partial charge in [0.15, 0.2) is 0 Å². The predicted octanol–water partition coefficient (Wildman–Crippen LogP) is 4.49. The van der Waals surface area contributed by atoms with Gasteiger partial charge in [-0.25, -0.2) is 4.39 Å². The highest BCUT2D eigenvalue weighted by Gasteiger charge is 2.27. The summed E-state index contributed by atoms with van der Waals surface area (Å²) in [5.74, 6) is -0.367. The molecule has 3 aromatic rings. The van der Waals surface area contributed by atoms with Crippen LogP contribution in [0.1, 0.15) is 18.7 Å². The van der Waals surface area contributed by atoms with Crippen molar-refractivity contribution in [3.05, 3.63) is 59.3 Å². The lowest BCUT2D eigenvalue weighted by Gasteiger charge is -2.23. The smallest absolute Gasteiger partial charge is 0.134 e. The summed E-state index contributed by atoms with van der Waals surface area (Å²) in [6, 6.07) is 8.70. The second kappa shape index (κ2) is 7.12. The van der Waals surface area contributed by atoms with Gasteiger partial charge in [0.2, 0.25) is 0 Å². The Labute approximate surface area is 156 Å². The summed E-state index contributed by atoms with van der Waals surface area (Å²) in [6.07, 6.45) is 3.48. The Kier molecular flexibility index (Phi) is 5.08. The summed E-state index contributed by atoms with van der Waals surface area (Å²) in [5, 5.41) is 8.53. The number of halogens is 3. The molecule has 2 aromatic heterocycles. The predicted molar refractivity (Wildman–Crippen MR) is 99.5 cm³/mol. The molecule has 1 N–H and O–H groups in total. The van der Waals surface area contributed by atoms with E-state index in [-0.39, 0.29) is 24.3 Å². The fourth-order valence-corrected chi connectivity index (χ4v) is 3.40. The van der Waals surface area contributed by atoms with E-state index >= 15 is 0 Å². The number of fused-ring (bicyclic) bond motifs is 1. The molecule has 25 heavy (non-hydrogen) atoms. The number of rotatable bonds is 2. The van der Waals surface area contributed by atoms with Crippen molar-refractivity contribution in [2.75, 3.05) is 6.54 Å². The van der Waals surface area contributed by atoms with Gasteiger partial charge in [0, 0.05) is 41.1 Å². The quantitative estimate of drug-likeness (QED) is 0.714. The van der Waals surface area contributed by atoms with E-state index in [4.69, 9.17) is 16.7 Å². The van der Waals surface area contributed by atoms with Crippen LogP contribution in [0.4, 0.5) is 4.39 Å². The van der Waals surface area contributed by atoms with E-state index in [9.17, 15) is 4.39 Å². The molecule has 4 nitrogen and oxygen atoms in total. The summed E-state index contributed by atoms with van der Waals surface area (Å²) in [7, 11) is 0. The van der Waals surface area contributed by atoms with Crippen molar-refractivity contribution in [3.8, 4) is 22.4 Å². The maximum Gasteiger partial charge on any atom is 0.134 e. The number of hydrogen-bond donors (Lipinski definition) is 1. The van der Waals surface area contributed by atoms with Gasteiger partial charge in [-0.2, -0.15) is 5.10 Å². The van der Waals surface area contributed by atoms with Crippen molar-refractivity contribution in [1.29, 1.82) is 0 Å². The topological polar surface area (TPSA) is 42.7 Å². The molecule has 0 saturated heterocycles. The summed E-state index contributed by atoms with van der Waals surface area (Å²) < 4.78 is 16.5. The lowest BCUT2D eigenvalue weighted by molar-refractivity contribution is 0.421. The average molecular weight is 379 g/mol. The Balaban J connectivity index is 0.00000182. The molecule has 1 aromatic carbocycles. The lowest BCUT2D eigenvalue weighted by Crippen LogP contribution is -2.32. The van der Waals surface area contributed by atoms with Crippen LogP contribution in [0.15, 0.2) is 42.7 Å². The molecular weight excluding hydrogens is 362 g/mol. The minimum atomic E-state index is -0.367. The van der Waals surface area contributed by atoms with E-state index < -0.39 is 0 Å². The van der Waals surface area contributed by atoms with Gasteiger partial charge in [0.05, 0.1) is 12.2 Å². The fourth-order valence-electron chi connectivity index (χ4n) is 3.24. The highest BCUT2D eigenvalue weighted by molar-refractivity contribution is 6.30. The molecule has 1 aliphatic rings. The first-order valence-electron chi connectivity index (χ1n) is 7.85. The van der Waals surface area contributed by atoms with Crippen LogP contribution in [0.3, 0.4) is 0 Å². The Morgan fingerprint density at radius 2 is 2.00 bits per heavy atom. The van der Waals surface area contributed by atoms with Crippen molar-refractivity contribution in [3.63, 3.8) is 0 Å². The molecule has 0 spiro atoms. The van der Waals surface area contributed by atoms with Crippen LogP contribution in [0.5, 0.6) is 0 Å². The van der Waals surface area contributed by atoms with Crippen LogP contribution in [0.2, 0.25) is 5.02 Å². The second-order valence-electron chi connectivity index (χ2n) is 5.87. The molecule has 0 bridgehead atoms. The van der Waals surface area contributed by atoms with E-state index in [1.165, 1.54) is 6.07 Å². The molecule has 0 radical (unpaired) electrons. The number of nitrogens with zero attached hydrogens (tertiary/aromatic N) is 3. The summed E-state index contributed by atoms with van der Waals surface area (Å²) in [6.45, 7) is 3.69. The van der Waals surface area contributed by atoms with Gasteiger partial charge in [-0.05, 0) is 42.8 Å². The van der Waals surface area contributed by atoms with Crippen molar-refractivity contribution in [2.45, 2.75) is 19.5 Å². The zero-order valence-electron chi connectivity index (χ0n) is 13.5. The van der Waals surface area contributed by atoms with Gasteiger partial charge >= 0.3 is 0 Å². The first-order chi connectivity index (χ1) is 11.6. The molecule has 1 atom stereocenters. The van der Waals surface area contributed by atoms with E-state index in [1.807, 2.05) is 16.8 Å². The van der Waals surface area contributed by atoms with E-state index in [0.29, 0.717) is 16.3 Å².